The summed E-state index contributed by atoms with van der Waals surface area (Å²) in [7, 11) is 0. The molecule has 5 atom stereocenters. The number of aromatic nitrogens is 2. The Labute approximate surface area is 568 Å². The summed E-state index contributed by atoms with van der Waals surface area (Å²) in [4.78, 5) is 72.5. The molecule has 8 bridgehead atoms. The van der Waals surface area contributed by atoms with Crippen molar-refractivity contribution in [1.29, 1.82) is 0 Å². The normalized spacial score (nSPS) is 22.5. The average Bonchev–Trinajstić information content (AvgIpc) is 1.37. The van der Waals surface area contributed by atoms with Gasteiger partial charge in [-0.25, -0.2) is 4.99 Å². The fraction of sp³-hybridized carbons (Fsp3) is 0.440. The van der Waals surface area contributed by atoms with Crippen LogP contribution in [0.2, 0.25) is 0 Å². The second-order valence-corrected chi connectivity index (χ2v) is 35.7. The fourth-order valence-corrected chi connectivity index (χ4v) is 14.5. The number of carbonyl (C=O) groups excluding carboxylic acids is 4. The molecule has 3 aliphatic heterocycles. The van der Waals surface area contributed by atoms with E-state index in [4.69, 9.17) is 4.99 Å². The lowest BCUT2D eigenvalue weighted by molar-refractivity contribution is -0.118. The van der Waals surface area contributed by atoms with Gasteiger partial charge in [0.2, 0.25) is 23.6 Å². The van der Waals surface area contributed by atoms with E-state index in [1.807, 2.05) is 36.4 Å². The monoisotopic (exact) mass is 1280 g/mol. The smallest absolute Gasteiger partial charge is 0.228 e. The molecule has 7 N–H and O–H groups in total. The Hall–Kier alpha value is -8.51. The predicted molar refractivity (Wildman–Crippen MR) is 393 cm³/mol. The van der Waals surface area contributed by atoms with Gasteiger partial charge in [-0.3, -0.25) is 19.2 Å². The lowest BCUT2D eigenvalue weighted by atomic mass is 9.78. The van der Waals surface area contributed by atoms with Gasteiger partial charge in [-0.15, -0.1) is 0 Å². The summed E-state index contributed by atoms with van der Waals surface area (Å²) < 4.78 is 0. The minimum atomic E-state index is -0.457. The number of hydrogen-bond donors (Lipinski definition) is 7. The summed E-state index contributed by atoms with van der Waals surface area (Å²) >= 11 is 0. The second kappa shape index (κ2) is 22.5. The number of nitrogens with one attached hydrogen (secondary N) is 7. The van der Waals surface area contributed by atoms with Crippen LogP contribution in [-0.2, 0) is 40.8 Å². The van der Waals surface area contributed by atoms with Crippen molar-refractivity contribution in [3.63, 3.8) is 0 Å². The molecule has 0 spiro atoms. The topological polar surface area (TPSA) is 172 Å². The van der Waals surface area contributed by atoms with Crippen molar-refractivity contribution in [1.82, 2.24) is 15.3 Å². The van der Waals surface area contributed by atoms with Crippen LogP contribution < -0.4 is 37.3 Å². The third-order valence-corrected chi connectivity index (χ3v) is 21.9. The third kappa shape index (κ3) is 12.7. The zero-order valence-corrected chi connectivity index (χ0v) is 60.3. The molecule has 0 radical (unpaired) electrons. The summed E-state index contributed by atoms with van der Waals surface area (Å²) in [6.45, 7) is 44.2. The number of carbonyl (C=O) groups is 4. The van der Waals surface area contributed by atoms with Crippen LogP contribution in [0.25, 0.3) is 22.3 Å². The van der Waals surface area contributed by atoms with Crippen LogP contribution in [0.4, 0.5) is 22.7 Å². The first-order valence-corrected chi connectivity index (χ1v) is 34.8. The summed E-state index contributed by atoms with van der Waals surface area (Å²) in [5.74, 6) is -0.980. The Morgan fingerprint density at radius 1 is 0.427 bits per heavy atom. The van der Waals surface area contributed by atoms with Gasteiger partial charge in [-0.05, 0) is 169 Å². The van der Waals surface area contributed by atoms with E-state index in [-0.39, 0.29) is 90.6 Å². The Bertz CT molecular complexity index is 4440. The maximum absolute atomic E-state index is 14.6. The Morgan fingerprint density at radius 3 is 1.18 bits per heavy atom. The standard InChI is InChI=1S/C84H100N8O4/c1-77(2,3)47-35-45(36-48(39-47)78(4,5)6)67-59-27-31-63(85-59)71(69-55(89-73(93)51-41-81(51,13)14)23-21-24-56(69)90-74(94)52-42-82(52,15)16)65-33-29-61(87-65)68(46-37-49(79(7,8)9)40-50(38-46)80(10,11)12)62-30-34-66(88-62)72(64-32-28-60(67)86-64)70-57(91-75(95)53-43-83(53,17)18)25-22-26-58(70)92-76(96)54-44-84(54,19)20/h21-40,51-54,59,85-87H,41-44H2,1-20H3,(H,89,93)(H,90,94)(H,91,95)(H,92,96). The number of benzene rings is 4. The zero-order chi connectivity index (χ0) is 69.1. The number of anilines is 4. The predicted octanol–water partition coefficient (Wildman–Crippen LogP) is 16.6. The summed E-state index contributed by atoms with van der Waals surface area (Å²) in [5.41, 5.74) is 15.8. The molecule has 500 valence electrons. The van der Waals surface area contributed by atoms with Crippen LogP contribution in [0.15, 0.2) is 138 Å². The number of H-pyrrole nitrogens is 2. The highest BCUT2D eigenvalue weighted by atomic mass is 16.2. The molecule has 4 aliphatic carbocycles. The third-order valence-electron chi connectivity index (χ3n) is 21.9. The molecule has 12 nitrogen and oxygen atoms in total. The quantitative estimate of drug-likeness (QED) is 0.0645. The lowest BCUT2D eigenvalue weighted by Crippen LogP contribution is -2.31. The maximum Gasteiger partial charge on any atom is 0.228 e. The fourth-order valence-electron chi connectivity index (χ4n) is 14.5. The van der Waals surface area contributed by atoms with E-state index < -0.39 is 6.04 Å². The van der Waals surface area contributed by atoms with Crippen LogP contribution in [0.5, 0.6) is 0 Å². The molecule has 2 aromatic heterocycles. The lowest BCUT2D eigenvalue weighted by Gasteiger charge is -2.28. The first-order chi connectivity index (χ1) is 44.7. The SMILES string of the molecule is CC(C)(C)c1cc(C2=C3C=CC(=N3)C(c3c(NC(=O)C4CC4(C)C)cccc3NC(=O)C3CC3(C)C)=c3ccc([nH]3)=C(c3cc(C(C)(C)C)cc(C(C)(C)C)c3)C3C=CC(=C(c4c(NC(=O)C5CC5(C)C)cccc4NC(=O)C4CC4(C)C)c4ccc2[nH]4)N3)cc(C(C)(C)C)c1. The molecule has 4 amide bonds. The molecule has 7 aliphatic rings. The van der Waals surface area contributed by atoms with Gasteiger partial charge in [-0.2, -0.15) is 0 Å². The van der Waals surface area contributed by atoms with Crippen LogP contribution in [-0.4, -0.2) is 45.4 Å². The van der Waals surface area contributed by atoms with Crippen molar-refractivity contribution in [2.75, 3.05) is 21.3 Å². The number of fused-ring (bicyclic) bond motifs is 7. The minimum Gasteiger partial charge on any atom is -0.374 e. The Balaban J connectivity index is 1.15. The molecule has 12 heteroatoms. The van der Waals surface area contributed by atoms with Crippen molar-refractivity contribution in [2.45, 2.75) is 192 Å². The first-order valence-electron chi connectivity index (χ1n) is 34.8. The van der Waals surface area contributed by atoms with E-state index in [2.05, 4.69) is 260 Å². The van der Waals surface area contributed by atoms with Crippen molar-refractivity contribution < 1.29 is 19.2 Å². The van der Waals surface area contributed by atoms with Crippen molar-refractivity contribution in [2.24, 2.45) is 50.3 Å². The highest BCUT2D eigenvalue weighted by molar-refractivity contribution is 6.33. The number of hydrogen-bond acceptors (Lipinski definition) is 6. The highest BCUT2D eigenvalue weighted by Crippen LogP contribution is 2.56. The summed E-state index contributed by atoms with van der Waals surface area (Å²) in [5, 5.41) is 19.4. The maximum atomic E-state index is 14.6. The van der Waals surface area contributed by atoms with Crippen LogP contribution in [0, 0.1) is 45.3 Å². The van der Waals surface area contributed by atoms with Crippen molar-refractivity contribution in [3.8, 4) is 0 Å². The van der Waals surface area contributed by atoms with Gasteiger partial charge in [0, 0.05) is 84.9 Å². The number of rotatable bonds is 12. The second-order valence-electron chi connectivity index (χ2n) is 35.7. The molecule has 4 saturated carbocycles. The van der Waals surface area contributed by atoms with Gasteiger partial charge >= 0.3 is 0 Å². The van der Waals surface area contributed by atoms with Crippen LogP contribution in [0.1, 0.15) is 220 Å². The molecule has 5 unspecified atom stereocenters. The molecule has 4 aromatic carbocycles. The number of allylic oxidation sites excluding steroid dienone is 3. The van der Waals surface area contributed by atoms with E-state index in [1.165, 1.54) is 22.3 Å². The van der Waals surface area contributed by atoms with Gasteiger partial charge in [0.05, 0.1) is 40.2 Å². The van der Waals surface area contributed by atoms with Gasteiger partial charge in [-0.1, -0.05) is 193 Å². The van der Waals surface area contributed by atoms with Gasteiger partial charge in [0.15, 0.2) is 0 Å². The van der Waals surface area contributed by atoms with E-state index in [9.17, 15) is 19.2 Å². The Morgan fingerprint density at radius 2 is 0.792 bits per heavy atom. The number of aromatic amines is 2. The van der Waals surface area contributed by atoms with Crippen LogP contribution in [0.3, 0.4) is 0 Å². The van der Waals surface area contributed by atoms with Crippen LogP contribution >= 0.6 is 0 Å². The molecular formula is C84H100N8O4. The minimum absolute atomic E-state index is 0.0603. The molecule has 13 rings (SSSR count). The summed E-state index contributed by atoms with van der Waals surface area (Å²) in [6.07, 6.45) is 11.6. The highest BCUT2D eigenvalue weighted by Gasteiger charge is 2.54. The van der Waals surface area contributed by atoms with Gasteiger partial charge in [0.25, 0.3) is 0 Å². The number of nitrogens with zero attached hydrogens (tertiary/aromatic N) is 1. The van der Waals surface area contributed by atoms with Gasteiger partial charge in [0.1, 0.15) is 0 Å². The van der Waals surface area contributed by atoms with E-state index in [1.54, 1.807) is 0 Å². The molecule has 0 saturated heterocycles. The summed E-state index contributed by atoms with van der Waals surface area (Å²) in [6, 6.07) is 33.7. The zero-order valence-electron chi connectivity index (χ0n) is 60.3. The van der Waals surface area contributed by atoms with E-state index >= 15 is 0 Å². The van der Waals surface area contributed by atoms with Gasteiger partial charge < -0.3 is 36.6 Å². The van der Waals surface area contributed by atoms with E-state index in [0.29, 0.717) is 50.9 Å². The molecule has 4 fully saturated rings. The number of amides is 4. The molecular weight excluding hydrogens is 1180 g/mol. The van der Waals surface area contributed by atoms with Crippen molar-refractivity contribution >= 4 is 74.4 Å². The molecule has 96 heavy (non-hydrogen) atoms. The largest absolute Gasteiger partial charge is 0.374 e. The Kier molecular flexibility index (Phi) is 15.5. The number of aliphatic imine (C=N–C) groups is 1. The van der Waals surface area contributed by atoms with E-state index in [0.717, 1.165) is 81.3 Å². The average molecular weight is 1290 g/mol. The molecule has 6 aromatic rings. The molecule has 5 heterocycles. The van der Waals surface area contributed by atoms with Crippen molar-refractivity contribution in [3.05, 3.63) is 199 Å². The first kappa shape index (κ1) is 66.1.